The lowest BCUT2D eigenvalue weighted by molar-refractivity contribution is 0.271. The molecule has 0 saturated carbocycles. The molecule has 0 amide bonds. The predicted octanol–water partition coefficient (Wildman–Crippen LogP) is 9.85. The van der Waals surface area contributed by atoms with Crippen molar-refractivity contribution in [2.75, 3.05) is 13.6 Å². The Morgan fingerprint density at radius 1 is 0.611 bits per heavy atom. The minimum atomic E-state index is 0. The fourth-order valence-electron chi connectivity index (χ4n) is 5.27. The summed E-state index contributed by atoms with van der Waals surface area (Å²) in [6.07, 6.45) is 22.7. The van der Waals surface area contributed by atoms with E-state index in [0.717, 1.165) is 6.54 Å². The highest BCUT2D eigenvalue weighted by Gasteiger charge is 2.19. The topological polar surface area (TPSA) is 29.3 Å². The molecule has 204 valence electrons. The van der Waals surface area contributed by atoms with Crippen LogP contribution in [0.4, 0.5) is 0 Å². The first-order chi connectivity index (χ1) is 17.3. The number of nitrogens with zero attached hydrogens (tertiary/aromatic N) is 1. The van der Waals surface area contributed by atoms with Gasteiger partial charge in [-0.05, 0) is 36.7 Å². The molecule has 0 radical (unpaired) electrons. The van der Waals surface area contributed by atoms with Gasteiger partial charge in [0.1, 0.15) is 0 Å². The molecule has 0 aliphatic rings. The third-order valence-corrected chi connectivity index (χ3v) is 7.42. The molecule has 0 spiro atoms. The minimum Gasteiger partial charge on any atom is -0.326 e. The van der Waals surface area contributed by atoms with E-state index in [9.17, 15) is 0 Å². The van der Waals surface area contributed by atoms with Gasteiger partial charge in [-0.25, -0.2) is 0 Å². The van der Waals surface area contributed by atoms with E-state index in [0.29, 0.717) is 12.6 Å². The maximum absolute atomic E-state index is 5.92. The summed E-state index contributed by atoms with van der Waals surface area (Å²) < 4.78 is 0. The normalized spacial score (nSPS) is 12.0. The predicted molar refractivity (Wildman–Crippen MR) is 162 cm³/mol. The molecule has 0 heterocycles. The SMILES string of the molecule is CCCCCCCCCCCCCCCCCCN(C)C(c1ccccc1)c1cccc(CN)c1.Cl. The van der Waals surface area contributed by atoms with Crippen LogP contribution in [0.3, 0.4) is 0 Å². The summed E-state index contributed by atoms with van der Waals surface area (Å²) in [5, 5.41) is 0. The third-order valence-electron chi connectivity index (χ3n) is 7.42. The molecule has 0 aliphatic carbocycles. The Kier molecular flexibility index (Phi) is 19.7. The van der Waals surface area contributed by atoms with Crippen LogP contribution >= 0.6 is 12.4 Å². The zero-order valence-corrected chi connectivity index (χ0v) is 24.3. The molecule has 2 N–H and O–H groups in total. The zero-order chi connectivity index (χ0) is 25.0. The lowest BCUT2D eigenvalue weighted by Crippen LogP contribution is -2.26. The van der Waals surface area contributed by atoms with E-state index in [2.05, 4.69) is 73.5 Å². The molecule has 0 aromatic heterocycles. The van der Waals surface area contributed by atoms with Crippen LogP contribution in [0.5, 0.6) is 0 Å². The monoisotopic (exact) mass is 514 g/mol. The van der Waals surface area contributed by atoms with E-state index in [1.807, 2.05) is 0 Å². The molecule has 2 aromatic carbocycles. The van der Waals surface area contributed by atoms with Gasteiger partial charge in [0.15, 0.2) is 0 Å². The van der Waals surface area contributed by atoms with Crippen molar-refractivity contribution < 1.29 is 0 Å². The van der Waals surface area contributed by atoms with Crippen molar-refractivity contribution in [3.8, 4) is 0 Å². The molecule has 2 aromatic rings. The number of hydrogen-bond donors (Lipinski definition) is 1. The average molecular weight is 515 g/mol. The number of hydrogen-bond acceptors (Lipinski definition) is 2. The van der Waals surface area contributed by atoms with E-state index in [-0.39, 0.29) is 12.4 Å². The number of nitrogens with two attached hydrogens (primary N) is 1. The van der Waals surface area contributed by atoms with Gasteiger partial charge in [0, 0.05) is 6.54 Å². The quantitative estimate of drug-likeness (QED) is 0.168. The summed E-state index contributed by atoms with van der Waals surface area (Å²) >= 11 is 0. The Balaban J connectivity index is 0.00000648. The molecule has 0 bridgehead atoms. The van der Waals surface area contributed by atoms with Crippen LogP contribution in [0.15, 0.2) is 54.6 Å². The summed E-state index contributed by atoms with van der Waals surface area (Å²) in [5.41, 5.74) is 9.84. The van der Waals surface area contributed by atoms with Crippen LogP contribution < -0.4 is 5.73 Å². The standard InChI is InChI=1S/C33H54N2.ClH/c1-3-4-5-6-7-8-9-10-11-12-13-14-15-16-17-21-27-35(2)33(31-24-19-18-20-25-31)32-26-22-23-30(28-32)29-34;/h18-20,22-26,28,33H,3-17,21,27,29,34H2,1-2H3;1H. The lowest BCUT2D eigenvalue weighted by atomic mass is 9.95. The Morgan fingerprint density at radius 2 is 1.08 bits per heavy atom. The van der Waals surface area contributed by atoms with Crippen molar-refractivity contribution in [3.05, 3.63) is 71.3 Å². The maximum atomic E-state index is 5.92. The molecule has 2 nitrogen and oxygen atoms in total. The second kappa shape index (κ2) is 21.7. The third kappa shape index (κ3) is 13.8. The van der Waals surface area contributed by atoms with Gasteiger partial charge in [-0.15, -0.1) is 12.4 Å². The molecule has 1 atom stereocenters. The Morgan fingerprint density at radius 3 is 1.58 bits per heavy atom. The van der Waals surface area contributed by atoms with Gasteiger partial charge >= 0.3 is 0 Å². The van der Waals surface area contributed by atoms with Crippen LogP contribution in [0.25, 0.3) is 0 Å². The summed E-state index contributed by atoms with van der Waals surface area (Å²) in [6, 6.07) is 20.0. The first kappa shape index (κ1) is 32.7. The van der Waals surface area contributed by atoms with Crippen LogP contribution in [-0.4, -0.2) is 18.5 Å². The van der Waals surface area contributed by atoms with E-state index < -0.39 is 0 Å². The minimum absolute atomic E-state index is 0. The van der Waals surface area contributed by atoms with E-state index in [1.54, 1.807) is 0 Å². The Labute approximate surface area is 229 Å². The molecule has 0 saturated heterocycles. The van der Waals surface area contributed by atoms with Crippen LogP contribution in [0, 0.1) is 0 Å². The summed E-state index contributed by atoms with van der Waals surface area (Å²) in [7, 11) is 2.28. The summed E-state index contributed by atoms with van der Waals surface area (Å²) in [4.78, 5) is 2.52. The van der Waals surface area contributed by atoms with E-state index in [1.165, 1.54) is 119 Å². The van der Waals surface area contributed by atoms with Crippen LogP contribution in [0.1, 0.15) is 132 Å². The lowest BCUT2D eigenvalue weighted by Gasteiger charge is -2.29. The zero-order valence-electron chi connectivity index (χ0n) is 23.4. The first-order valence-electron chi connectivity index (χ1n) is 14.8. The van der Waals surface area contributed by atoms with Crippen molar-refractivity contribution in [2.45, 2.75) is 122 Å². The van der Waals surface area contributed by atoms with Crippen molar-refractivity contribution in [1.82, 2.24) is 4.90 Å². The Bertz CT molecular complexity index is 748. The largest absolute Gasteiger partial charge is 0.326 e. The van der Waals surface area contributed by atoms with Crippen molar-refractivity contribution in [1.29, 1.82) is 0 Å². The molecule has 0 aliphatic heterocycles. The molecular weight excluding hydrogens is 460 g/mol. The van der Waals surface area contributed by atoms with Gasteiger partial charge in [-0.3, -0.25) is 4.90 Å². The maximum Gasteiger partial charge on any atom is 0.0599 e. The van der Waals surface area contributed by atoms with Gasteiger partial charge in [-0.2, -0.15) is 0 Å². The highest BCUT2D eigenvalue weighted by Crippen LogP contribution is 2.28. The average Bonchev–Trinajstić information content (AvgIpc) is 2.89. The van der Waals surface area contributed by atoms with Gasteiger partial charge in [-0.1, -0.05) is 158 Å². The molecule has 1 unspecified atom stereocenters. The summed E-state index contributed by atoms with van der Waals surface area (Å²) in [5.74, 6) is 0. The second-order valence-electron chi connectivity index (χ2n) is 10.5. The highest BCUT2D eigenvalue weighted by atomic mass is 35.5. The second-order valence-corrected chi connectivity index (χ2v) is 10.5. The van der Waals surface area contributed by atoms with Gasteiger partial charge < -0.3 is 5.73 Å². The van der Waals surface area contributed by atoms with E-state index in [4.69, 9.17) is 5.73 Å². The molecular formula is C33H55ClN2. The number of halogens is 1. The van der Waals surface area contributed by atoms with Crippen molar-refractivity contribution >= 4 is 12.4 Å². The molecule has 3 heteroatoms. The summed E-state index contributed by atoms with van der Waals surface area (Å²) in [6.45, 7) is 4.02. The van der Waals surface area contributed by atoms with Gasteiger partial charge in [0.05, 0.1) is 6.04 Å². The number of unbranched alkanes of at least 4 members (excludes halogenated alkanes) is 15. The number of benzene rings is 2. The molecule has 0 fully saturated rings. The van der Waals surface area contributed by atoms with E-state index >= 15 is 0 Å². The fraction of sp³-hybridized carbons (Fsp3) is 0.636. The van der Waals surface area contributed by atoms with Crippen LogP contribution in [-0.2, 0) is 6.54 Å². The molecule has 2 rings (SSSR count). The molecule has 36 heavy (non-hydrogen) atoms. The number of rotatable bonds is 21. The fourth-order valence-corrected chi connectivity index (χ4v) is 5.27. The van der Waals surface area contributed by atoms with Gasteiger partial charge in [0.25, 0.3) is 0 Å². The smallest absolute Gasteiger partial charge is 0.0599 e. The van der Waals surface area contributed by atoms with Crippen molar-refractivity contribution in [3.63, 3.8) is 0 Å². The van der Waals surface area contributed by atoms with Crippen LogP contribution in [0.2, 0.25) is 0 Å². The van der Waals surface area contributed by atoms with Gasteiger partial charge in [0.2, 0.25) is 0 Å². The van der Waals surface area contributed by atoms with Crippen molar-refractivity contribution in [2.24, 2.45) is 5.73 Å². The first-order valence-corrected chi connectivity index (χ1v) is 14.8. The highest BCUT2D eigenvalue weighted by molar-refractivity contribution is 5.85. The Hall–Kier alpha value is -1.35.